The van der Waals surface area contributed by atoms with Gasteiger partial charge in [-0.25, -0.2) is 0 Å². The number of hydrogen-bond donors (Lipinski definition) is 2. The van der Waals surface area contributed by atoms with Crippen LogP contribution in [0, 0.1) is 11.8 Å². The minimum absolute atomic E-state index is 0.182. The highest BCUT2D eigenvalue weighted by atomic mass is 16.1. The minimum Gasteiger partial charge on any atom is -0.356 e. The molecule has 0 aliphatic carbocycles. The van der Waals surface area contributed by atoms with Crippen LogP contribution in [0.1, 0.15) is 33.6 Å². The van der Waals surface area contributed by atoms with Gasteiger partial charge in [-0.3, -0.25) is 4.79 Å². The lowest BCUT2D eigenvalue weighted by Crippen LogP contribution is -2.32. The zero-order valence-electron chi connectivity index (χ0n) is 9.89. The van der Waals surface area contributed by atoms with Crippen molar-refractivity contribution in [1.29, 1.82) is 0 Å². The van der Waals surface area contributed by atoms with E-state index >= 15 is 0 Å². The van der Waals surface area contributed by atoms with Crippen molar-refractivity contribution in [3.8, 4) is 0 Å². The summed E-state index contributed by atoms with van der Waals surface area (Å²) in [5, 5.41) is 6.03. The van der Waals surface area contributed by atoms with Gasteiger partial charge in [-0.1, -0.05) is 20.8 Å². The van der Waals surface area contributed by atoms with Crippen LogP contribution in [-0.4, -0.2) is 26.0 Å². The van der Waals surface area contributed by atoms with Gasteiger partial charge in [-0.05, 0) is 31.8 Å². The van der Waals surface area contributed by atoms with Crippen LogP contribution in [-0.2, 0) is 4.79 Å². The number of carbonyl (C=O) groups is 1. The molecule has 0 saturated heterocycles. The molecular weight excluding hydrogens is 176 g/mol. The smallest absolute Gasteiger partial charge is 0.220 e. The van der Waals surface area contributed by atoms with E-state index in [0.717, 1.165) is 19.5 Å². The third-order valence-electron chi connectivity index (χ3n) is 2.15. The lowest BCUT2D eigenvalue weighted by atomic mass is 10.1. The molecule has 14 heavy (non-hydrogen) atoms. The van der Waals surface area contributed by atoms with E-state index in [0.29, 0.717) is 18.3 Å². The first-order chi connectivity index (χ1) is 6.56. The van der Waals surface area contributed by atoms with Gasteiger partial charge >= 0.3 is 0 Å². The SMILES string of the molecule is CNCC(C)CNC(=O)CCC(C)C. The maximum absolute atomic E-state index is 11.3. The summed E-state index contributed by atoms with van der Waals surface area (Å²) in [4.78, 5) is 11.3. The summed E-state index contributed by atoms with van der Waals surface area (Å²) in [6.07, 6.45) is 1.64. The molecule has 3 nitrogen and oxygen atoms in total. The Bertz CT molecular complexity index is 157. The summed E-state index contributed by atoms with van der Waals surface area (Å²) >= 11 is 0. The molecule has 0 fully saturated rings. The Morgan fingerprint density at radius 3 is 2.36 bits per heavy atom. The van der Waals surface area contributed by atoms with Gasteiger partial charge < -0.3 is 10.6 Å². The lowest BCUT2D eigenvalue weighted by Gasteiger charge is -2.12. The summed E-state index contributed by atoms with van der Waals surface area (Å²) in [6, 6.07) is 0. The Hall–Kier alpha value is -0.570. The van der Waals surface area contributed by atoms with E-state index in [1.807, 2.05) is 7.05 Å². The molecule has 0 aliphatic heterocycles. The van der Waals surface area contributed by atoms with E-state index in [1.54, 1.807) is 0 Å². The summed E-state index contributed by atoms with van der Waals surface area (Å²) in [5.41, 5.74) is 0. The van der Waals surface area contributed by atoms with Crippen molar-refractivity contribution in [2.45, 2.75) is 33.6 Å². The van der Waals surface area contributed by atoms with Crippen LogP contribution in [0.25, 0.3) is 0 Å². The van der Waals surface area contributed by atoms with Crippen LogP contribution in [0.15, 0.2) is 0 Å². The quantitative estimate of drug-likeness (QED) is 0.652. The van der Waals surface area contributed by atoms with Gasteiger partial charge in [-0.15, -0.1) is 0 Å². The van der Waals surface area contributed by atoms with Gasteiger partial charge in [0.05, 0.1) is 0 Å². The van der Waals surface area contributed by atoms with Gasteiger partial charge in [0.25, 0.3) is 0 Å². The fourth-order valence-corrected chi connectivity index (χ4v) is 1.22. The number of rotatable bonds is 7. The third-order valence-corrected chi connectivity index (χ3v) is 2.15. The minimum atomic E-state index is 0.182. The molecule has 0 aromatic carbocycles. The maximum Gasteiger partial charge on any atom is 0.220 e. The monoisotopic (exact) mass is 200 g/mol. The van der Waals surface area contributed by atoms with E-state index in [4.69, 9.17) is 0 Å². The molecule has 1 atom stereocenters. The van der Waals surface area contributed by atoms with Gasteiger partial charge in [0.1, 0.15) is 0 Å². The lowest BCUT2D eigenvalue weighted by molar-refractivity contribution is -0.121. The Kier molecular flexibility index (Phi) is 7.48. The highest BCUT2D eigenvalue weighted by Gasteiger charge is 2.05. The summed E-state index contributed by atoms with van der Waals surface area (Å²) in [7, 11) is 1.93. The molecule has 0 aromatic rings. The first kappa shape index (κ1) is 13.4. The van der Waals surface area contributed by atoms with Crippen molar-refractivity contribution < 1.29 is 4.79 Å². The highest BCUT2D eigenvalue weighted by molar-refractivity contribution is 5.75. The van der Waals surface area contributed by atoms with Gasteiger partial charge in [-0.2, -0.15) is 0 Å². The number of carbonyl (C=O) groups excluding carboxylic acids is 1. The average Bonchev–Trinajstić information content (AvgIpc) is 2.12. The Balaban J connectivity index is 3.43. The molecule has 1 unspecified atom stereocenters. The Morgan fingerprint density at radius 2 is 1.86 bits per heavy atom. The number of hydrogen-bond acceptors (Lipinski definition) is 2. The molecule has 84 valence electrons. The van der Waals surface area contributed by atoms with Crippen LogP contribution in [0.2, 0.25) is 0 Å². The van der Waals surface area contributed by atoms with Gasteiger partial charge in [0, 0.05) is 13.0 Å². The van der Waals surface area contributed by atoms with E-state index in [2.05, 4.69) is 31.4 Å². The number of nitrogens with one attached hydrogen (secondary N) is 2. The van der Waals surface area contributed by atoms with E-state index < -0.39 is 0 Å². The standard InChI is InChI=1S/C11H24N2O/c1-9(2)5-6-11(14)13-8-10(3)7-12-4/h9-10,12H,5-8H2,1-4H3,(H,13,14). The molecule has 0 heterocycles. The second-order valence-electron chi connectivity index (χ2n) is 4.40. The van der Waals surface area contributed by atoms with Gasteiger partial charge in [0.15, 0.2) is 0 Å². The van der Waals surface area contributed by atoms with Crippen molar-refractivity contribution >= 4 is 5.91 Å². The highest BCUT2D eigenvalue weighted by Crippen LogP contribution is 2.02. The van der Waals surface area contributed by atoms with E-state index in [1.165, 1.54) is 0 Å². The first-order valence-electron chi connectivity index (χ1n) is 5.47. The summed E-state index contributed by atoms with van der Waals surface area (Å²) in [6.45, 7) is 8.12. The molecule has 0 spiro atoms. The third kappa shape index (κ3) is 8.05. The molecule has 0 saturated carbocycles. The second kappa shape index (κ2) is 7.80. The van der Waals surface area contributed by atoms with Crippen molar-refractivity contribution in [3.63, 3.8) is 0 Å². The van der Waals surface area contributed by atoms with Crippen LogP contribution in [0.5, 0.6) is 0 Å². The molecular formula is C11H24N2O. The fraction of sp³-hybridized carbons (Fsp3) is 0.909. The van der Waals surface area contributed by atoms with Crippen LogP contribution >= 0.6 is 0 Å². The van der Waals surface area contributed by atoms with Crippen molar-refractivity contribution in [2.75, 3.05) is 20.1 Å². The fourth-order valence-electron chi connectivity index (χ4n) is 1.22. The van der Waals surface area contributed by atoms with Crippen LogP contribution < -0.4 is 10.6 Å². The zero-order valence-corrected chi connectivity index (χ0v) is 9.89. The zero-order chi connectivity index (χ0) is 11.0. The maximum atomic E-state index is 11.3. The van der Waals surface area contributed by atoms with Crippen molar-refractivity contribution in [3.05, 3.63) is 0 Å². The Morgan fingerprint density at radius 1 is 1.21 bits per heavy atom. The normalized spacial score (nSPS) is 12.9. The van der Waals surface area contributed by atoms with Gasteiger partial charge in [0.2, 0.25) is 5.91 Å². The predicted octanol–water partition coefficient (Wildman–Crippen LogP) is 1.39. The molecule has 0 radical (unpaired) electrons. The van der Waals surface area contributed by atoms with Crippen LogP contribution in [0.3, 0.4) is 0 Å². The van der Waals surface area contributed by atoms with Crippen molar-refractivity contribution in [1.82, 2.24) is 10.6 Å². The van der Waals surface area contributed by atoms with Crippen LogP contribution in [0.4, 0.5) is 0 Å². The summed E-state index contributed by atoms with van der Waals surface area (Å²) in [5.74, 6) is 1.29. The number of amides is 1. The largest absolute Gasteiger partial charge is 0.356 e. The predicted molar refractivity (Wildman–Crippen MR) is 60.2 cm³/mol. The summed E-state index contributed by atoms with van der Waals surface area (Å²) < 4.78 is 0. The molecule has 0 rings (SSSR count). The topological polar surface area (TPSA) is 41.1 Å². The van der Waals surface area contributed by atoms with Crippen molar-refractivity contribution in [2.24, 2.45) is 11.8 Å². The molecule has 0 aliphatic rings. The average molecular weight is 200 g/mol. The molecule has 3 heteroatoms. The van der Waals surface area contributed by atoms with E-state index in [9.17, 15) is 4.79 Å². The Labute approximate surface area is 87.6 Å². The first-order valence-corrected chi connectivity index (χ1v) is 5.47. The molecule has 0 aromatic heterocycles. The molecule has 1 amide bonds. The second-order valence-corrected chi connectivity index (χ2v) is 4.40. The molecule has 2 N–H and O–H groups in total. The van der Waals surface area contributed by atoms with E-state index in [-0.39, 0.29) is 5.91 Å². The molecule has 0 bridgehead atoms.